The molecule has 0 amide bonds. The Kier molecular flexibility index (Phi) is 2.42. The molecule has 7 heteroatoms. The van der Waals surface area contributed by atoms with Gasteiger partial charge in [-0.3, -0.25) is 14.9 Å². The number of aromatic nitrogens is 3. The van der Waals surface area contributed by atoms with Crippen LogP contribution in [0.4, 0.5) is 5.69 Å². The van der Waals surface area contributed by atoms with Crippen molar-refractivity contribution in [2.45, 2.75) is 0 Å². The fraction of sp³-hybridized carbons (Fsp3) is 0. The van der Waals surface area contributed by atoms with Crippen molar-refractivity contribution in [3.8, 4) is 0 Å². The van der Waals surface area contributed by atoms with Gasteiger partial charge in [-0.15, -0.1) is 5.10 Å². The molecule has 0 saturated heterocycles. The van der Waals surface area contributed by atoms with Gasteiger partial charge in [0, 0.05) is 17.7 Å². The van der Waals surface area contributed by atoms with E-state index in [2.05, 4.69) is 10.3 Å². The normalized spacial score (nSPS) is 10.0. The molecule has 0 saturated carbocycles. The number of hydrogen-bond donors (Lipinski definition) is 0. The Labute approximate surface area is 89.5 Å². The van der Waals surface area contributed by atoms with Crippen molar-refractivity contribution in [2.75, 3.05) is 0 Å². The first-order valence-electron chi connectivity index (χ1n) is 4.34. The monoisotopic (exact) mass is 218 g/mol. The van der Waals surface area contributed by atoms with Crippen molar-refractivity contribution in [3.05, 3.63) is 52.3 Å². The number of nitro benzene ring substituents is 1. The average Bonchev–Trinajstić information content (AvgIpc) is 2.81. The second-order valence-corrected chi connectivity index (χ2v) is 2.96. The van der Waals surface area contributed by atoms with Gasteiger partial charge in [-0.1, -0.05) is 11.3 Å². The first-order chi connectivity index (χ1) is 7.68. The van der Waals surface area contributed by atoms with Crippen LogP contribution in [-0.4, -0.2) is 25.8 Å². The maximum absolute atomic E-state index is 11.7. The van der Waals surface area contributed by atoms with Gasteiger partial charge in [0.25, 0.3) is 11.6 Å². The number of nitro groups is 1. The summed E-state index contributed by atoms with van der Waals surface area (Å²) in [6.07, 6.45) is 2.73. The molecule has 2 rings (SSSR count). The average molecular weight is 218 g/mol. The summed E-state index contributed by atoms with van der Waals surface area (Å²) < 4.78 is 1.01. The molecule has 0 atom stereocenters. The van der Waals surface area contributed by atoms with Crippen molar-refractivity contribution in [3.63, 3.8) is 0 Å². The van der Waals surface area contributed by atoms with Crippen molar-refractivity contribution in [1.29, 1.82) is 0 Å². The molecule has 0 fully saturated rings. The van der Waals surface area contributed by atoms with Gasteiger partial charge >= 0.3 is 0 Å². The Hall–Kier alpha value is -2.57. The lowest BCUT2D eigenvalue weighted by atomic mass is 10.2. The first kappa shape index (κ1) is 9.97. The van der Waals surface area contributed by atoms with Gasteiger partial charge in [0.2, 0.25) is 0 Å². The lowest BCUT2D eigenvalue weighted by molar-refractivity contribution is -0.384. The Morgan fingerprint density at radius 1 is 1.44 bits per heavy atom. The second-order valence-electron chi connectivity index (χ2n) is 2.96. The van der Waals surface area contributed by atoms with Crippen molar-refractivity contribution in [2.24, 2.45) is 0 Å². The summed E-state index contributed by atoms with van der Waals surface area (Å²) in [7, 11) is 0. The third-order valence-corrected chi connectivity index (χ3v) is 1.93. The lowest BCUT2D eigenvalue weighted by Gasteiger charge is -1.98. The fourth-order valence-electron chi connectivity index (χ4n) is 1.20. The maximum Gasteiger partial charge on any atom is 0.279 e. The molecule has 1 aromatic carbocycles. The van der Waals surface area contributed by atoms with E-state index < -0.39 is 10.8 Å². The molecule has 0 aliphatic heterocycles. The van der Waals surface area contributed by atoms with E-state index in [0.29, 0.717) is 0 Å². The molecular weight excluding hydrogens is 212 g/mol. The van der Waals surface area contributed by atoms with Gasteiger partial charge in [0.05, 0.1) is 17.3 Å². The molecular formula is C9H6N4O3. The zero-order valence-electron chi connectivity index (χ0n) is 7.98. The van der Waals surface area contributed by atoms with Crippen LogP contribution >= 0.6 is 0 Å². The van der Waals surface area contributed by atoms with E-state index in [4.69, 9.17) is 0 Å². The predicted molar refractivity (Wildman–Crippen MR) is 52.8 cm³/mol. The van der Waals surface area contributed by atoms with Crippen molar-refractivity contribution < 1.29 is 9.72 Å². The predicted octanol–water partition coefficient (Wildman–Crippen LogP) is 0.875. The molecule has 0 N–H and O–H groups in total. The Bertz CT molecular complexity index is 535. The molecule has 1 aromatic heterocycles. The van der Waals surface area contributed by atoms with E-state index in [1.165, 1.54) is 36.7 Å². The number of benzene rings is 1. The highest BCUT2D eigenvalue weighted by molar-refractivity contribution is 5.95. The molecule has 0 aliphatic rings. The van der Waals surface area contributed by atoms with Crippen LogP contribution in [0.25, 0.3) is 0 Å². The second kappa shape index (κ2) is 3.89. The van der Waals surface area contributed by atoms with Crippen molar-refractivity contribution in [1.82, 2.24) is 15.0 Å². The van der Waals surface area contributed by atoms with Crippen LogP contribution in [0.5, 0.6) is 0 Å². The van der Waals surface area contributed by atoms with E-state index in [1.54, 1.807) is 0 Å². The highest BCUT2D eigenvalue weighted by Crippen LogP contribution is 2.13. The van der Waals surface area contributed by atoms with Crippen LogP contribution in [0.3, 0.4) is 0 Å². The van der Waals surface area contributed by atoms with Crippen LogP contribution in [0, 0.1) is 10.1 Å². The summed E-state index contributed by atoms with van der Waals surface area (Å²) in [6, 6.07) is 5.45. The zero-order chi connectivity index (χ0) is 11.5. The van der Waals surface area contributed by atoms with E-state index >= 15 is 0 Å². The summed E-state index contributed by atoms with van der Waals surface area (Å²) in [5.74, 6) is -0.457. The first-order valence-corrected chi connectivity index (χ1v) is 4.34. The summed E-state index contributed by atoms with van der Waals surface area (Å²) in [6.45, 7) is 0. The van der Waals surface area contributed by atoms with Gasteiger partial charge in [-0.05, 0) is 6.07 Å². The summed E-state index contributed by atoms with van der Waals surface area (Å²) in [4.78, 5) is 21.7. The molecule has 80 valence electrons. The summed E-state index contributed by atoms with van der Waals surface area (Å²) in [5.41, 5.74) is 0.0608. The molecule has 2 aromatic rings. The smallest absolute Gasteiger partial charge is 0.267 e. The van der Waals surface area contributed by atoms with Crippen LogP contribution in [0.2, 0.25) is 0 Å². The fourth-order valence-corrected chi connectivity index (χ4v) is 1.20. The van der Waals surface area contributed by atoms with E-state index in [9.17, 15) is 14.9 Å². The van der Waals surface area contributed by atoms with Crippen LogP contribution in [0.1, 0.15) is 10.4 Å². The highest BCUT2D eigenvalue weighted by atomic mass is 16.6. The summed E-state index contributed by atoms with van der Waals surface area (Å²) >= 11 is 0. The van der Waals surface area contributed by atoms with Gasteiger partial charge < -0.3 is 0 Å². The molecule has 0 unspecified atom stereocenters. The number of rotatable bonds is 2. The highest BCUT2D eigenvalue weighted by Gasteiger charge is 2.13. The number of non-ortho nitro benzene ring substituents is 1. The van der Waals surface area contributed by atoms with Gasteiger partial charge in [-0.2, -0.15) is 4.68 Å². The van der Waals surface area contributed by atoms with Gasteiger partial charge in [0.1, 0.15) is 0 Å². The Morgan fingerprint density at radius 3 is 2.88 bits per heavy atom. The molecule has 0 aliphatic carbocycles. The topological polar surface area (TPSA) is 90.9 Å². The maximum atomic E-state index is 11.7. The SMILES string of the molecule is O=C(c1cccc([N+](=O)[O-])c1)n1ccnn1. The minimum absolute atomic E-state index is 0.133. The molecule has 0 spiro atoms. The van der Waals surface area contributed by atoms with Crippen LogP contribution < -0.4 is 0 Å². The standard InChI is InChI=1S/C9H6N4O3/c14-9(12-5-4-10-11-12)7-2-1-3-8(6-7)13(15)16/h1-6H. The molecule has 0 radical (unpaired) electrons. The van der Waals surface area contributed by atoms with E-state index in [-0.39, 0.29) is 11.3 Å². The Morgan fingerprint density at radius 2 is 2.25 bits per heavy atom. The summed E-state index contributed by atoms with van der Waals surface area (Å²) in [5, 5.41) is 17.5. The number of hydrogen-bond acceptors (Lipinski definition) is 5. The van der Waals surface area contributed by atoms with E-state index in [0.717, 1.165) is 4.68 Å². The quantitative estimate of drug-likeness (QED) is 0.551. The van der Waals surface area contributed by atoms with E-state index in [1.807, 2.05) is 0 Å². The molecule has 0 bridgehead atoms. The molecule has 1 heterocycles. The number of carbonyl (C=O) groups is 1. The minimum atomic E-state index is -0.557. The Balaban J connectivity index is 2.38. The van der Waals surface area contributed by atoms with Gasteiger partial charge in [0.15, 0.2) is 0 Å². The van der Waals surface area contributed by atoms with Crippen LogP contribution in [-0.2, 0) is 0 Å². The van der Waals surface area contributed by atoms with Crippen molar-refractivity contribution >= 4 is 11.6 Å². The molecule has 16 heavy (non-hydrogen) atoms. The molecule has 7 nitrogen and oxygen atoms in total. The largest absolute Gasteiger partial charge is 0.279 e. The number of carbonyl (C=O) groups excluding carboxylic acids is 1. The zero-order valence-corrected chi connectivity index (χ0v) is 7.98. The third-order valence-electron chi connectivity index (χ3n) is 1.93. The number of nitrogens with zero attached hydrogens (tertiary/aromatic N) is 4. The third kappa shape index (κ3) is 1.78. The van der Waals surface area contributed by atoms with Gasteiger partial charge in [-0.25, -0.2) is 0 Å². The lowest BCUT2D eigenvalue weighted by Crippen LogP contribution is -2.12. The van der Waals surface area contributed by atoms with Crippen LogP contribution in [0.15, 0.2) is 36.7 Å². The minimum Gasteiger partial charge on any atom is -0.267 e.